The lowest BCUT2D eigenvalue weighted by molar-refractivity contribution is 0.0787. The first-order valence-electron chi connectivity index (χ1n) is 7.15. The van der Waals surface area contributed by atoms with Crippen molar-refractivity contribution in [1.29, 1.82) is 0 Å². The van der Waals surface area contributed by atoms with Crippen molar-refractivity contribution in [2.75, 3.05) is 13.1 Å². The van der Waals surface area contributed by atoms with Gasteiger partial charge in [-0.2, -0.15) is 0 Å². The maximum absolute atomic E-state index is 12.5. The van der Waals surface area contributed by atoms with E-state index in [2.05, 4.69) is 31.2 Å². The molecule has 0 saturated carbocycles. The number of hydrogen-bond donors (Lipinski definition) is 0. The molecule has 2 aromatic carbocycles. The van der Waals surface area contributed by atoms with E-state index in [0.717, 1.165) is 18.7 Å². The third-order valence-corrected chi connectivity index (χ3v) is 4.15. The Labute approximate surface area is 120 Å². The molecule has 1 fully saturated rings. The highest BCUT2D eigenvalue weighted by molar-refractivity contribution is 5.94. The van der Waals surface area contributed by atoms with Crippen LogP contribution < -0.4 is 0 Å². The van der Waals surface area contributed by atoms with Crippen LogP contribution in [-0.2, 0) is 0 Å². The second kappa shape index (κ2) is 5.49. The normalized spacial score (nSPS) is 21.9. The molecule has 1 aliphatic heterocycles. The molecule has 2 nitrogen and oxygen atoms in total. The number of carbonyl (C=O) groups is 1. The van der Waals surface area contributed by atoms with Crippen molar-refractivity contribution in [3.63, 3.8) is 0 Å². The van der Waals surface area contributed by atoms with E-state index in [1.165, 1.54) is 5.56 Å². The zero-order chi connectivity index (χ0) is 13.9. The molecule has 0 spiro atoms. The fourth-order valence-electron chi connectivity index (χ4n) is 3.03. The molecule has 0 aliphatic carbocycles. The van der Waals surface area contributed by atoms with Crippen LogP contribution in [0.1, 0.15) is 28.8 Å². The number of carbonyl (C=O) groups excluding carboxylic acids is 1. The lowest BCUT2D eigenvalue weighted by Gasteiger charge is -2.16. The molecule has 2 heteroatoms. The van der Waals surface area contributed by atoms with E-state index < -0.39 is 0 Å². The summed E-state index contributed by atoms with van der Waals surface area (Å²) in [7, 11) is 0. The molecule has 1 saturated heterocycles. The minimum atomic E-state index is 0.149. The molecule has 1 heterocycles. The van der Waals surface area contributed by atoms with Gasteiger partial charge < -0.3 is 4.90 Å². The summed E-state index contributed by atoms with van der Waals surface area (Å²) in [4.78, 5) is 14.5. The maximum atomic E-state index is 12.5. The van der Waals surface area contributed by atoms with Crippen LogP contribution in [0.4, 0.5) is 0 Å². The number of benzene rings is 2. The van der Waals surface area contributed by atoms with Gasteiger partial charge in [0.05, 0.1) is 0 Å². The van der Waals surface area contributed by atoms with Crippen LogP contribution in [0.15, 0.2) is 60.7 Å². The first-order valence-corrected chi connectivity index (χ1v) is 7.15. The highest BCUT2D eigenvalue weighted by atomic mass is 16.2. The Balaban J connectivity index is 1.77. The summed E-state index contributed by atoms with van der Waals surface area (Å²) in [5.74, 6) is 1.10. The van der Waals surface area contributed by atoms with Crippen molar-refractivity contribution in [3.8, 4) is 0 Å². The lowest BCUT2D eigenvalue weighted by Crippen LogP contribution is -2.28. The van der Waals surface area contributed by atoms with E-state index in [1.807, 2.05) is 41.3 Å². The Hall–Kier alpha value is -2.09. The largest absolute Gasteiger partial charge is 0.338 e. The average Bonchev–Trinajstić information content (AvgIpc) is 2.90. The van der Waals surface area contributed by atoms with Crippen molar-refractivity contribution < 1.29 is 4.79 Å². The van der Waals surface area contributed by atoms with Crippen LogP contribution in [-0.4, -0.2) is 23.9 Å². The number of amides is 1. The first-order chi connectivity index (χ1) is 9.75. The standard InChI is InChI=1S/C18H19NO/c1-14-12-19(18(20)16-10-6-3-7-11-16)13-17(14)15-8-4-2-5-9-15/h2-11,14,17H,12-13H2,1H3. The molecule has 2 unspecified atom stereocenters. The third-order valence-electron chi connectivity index (χ3n) is 4.15. The molecule has 0 radical (unpaired) electrons. The van der Waals surface area contributed by atoms with Crippen molar-refractivity contribution in [1.82, 2.24) is 4.90 Å². The highest BCUT2D eigenvalue weighted by Gasteiger charge is 2.33. The van der Waals surface area contributed by atoms with E-state index in [1.54, 1.807) is 0 Å². The van der Waals surface area contributed by atoms with Gasteiger partial charge >= 0.3 is 0 Å². The van der Waals surface area contributed by atoms with E-state index in [-0.39, 0.29) is 5.91 Å². The zero-order valence-corrected chi connectivity index (χ0v) is 11.7. The molecular formula is C18H19NO. The summed E-state index contributed by atoms with van der Waals surface area (Å²) in [5, 5.41) is 0. The van der Waals surface area contributed by atoms with Crippen molar-refractivity contribution in [3.05, 3.63) is 71.8 Å². The van der Waals surface area contributed by atoms with Gasteiger partial charge in [-0.1, -0.05) is 55.5 Å². The molecule has 1 amide bonds. The fourth-order valence-corrected chi connectivity index (χ4v) is 3.03. The molecule has 20 heavy (non-hydrogen) atoms. The van der Waals surface area contributed by atoms with Gasteiger partial charge in [-0.25, -0.2) is 0 Å². The van der Waals surface area contributed by atoms with Gasteiger partial charge in [-0.15, -0.1) is 0 Å². The van der Waals surface area contributed by atoms with E-state index >= 15 is 0 Å². The molecular weight excluding hydrogens is 246 g/mol. The Kier molecular flexibility index (Phi) is 3.55. The Morgan fingerprint density at radius 1 is 0.950 bits per heavy atom. The van der Waals surface area contributed by atoms with E-state index in [4.69, 9.17) is 0 Å². The lowest BCUT2D eigenvalue weighted by atomic mass is 9.90. The molecule has 1 aliphatic rings. The van der Waals surface area contributed by atoms with Crippen LogP contribution in [0.5, 0.6) is 0 Å². The Bertz CT molecular complexity index is 579. The second-order valence-corrected chi connectivity index (χ2v) is 5.57. The predicted molar refractivity (Wildman–Crippen MR) is 80.7 cm³/mol. The molecule has 0 aromatic heterocycles. The van der Waals surface area contributed by atoms with Gasteiger partial charge in [0.1, 0.15) is 0 Å². The molecule has 0 N–H and O–H groups in total. The van der Waals surface area contributed by atoms with Crippen LogP contribution in [0.2, 0.25) is 0 Å². The fraction of sp³-hybridized carbons (Fsp3) is 0.278. The number of rotatable bonds is 2. The van der Waals surface area contributed by atoms with E-state index in [0.29, 0.717) is 11.8 Å². The predicted octanol–water partition coefficient (Wildman–Crippen LogP) is 3.56. The van der Waals surface area contributed by atoms with Crippen LogP contribution in [0.3, 0.4) is 0 Å². The summed E-state index contributed by atoms with van der Waals surface area (Å²) in [6.07, 6.45) is 0. The first kappa shape index (κ1) is 12.9. The van der Waals surface area contributed by atoms with Crippen molar-refractivity contribution in [2.45, 2.75) is 12.8 Å². The molecule has 3 rings (SSSR count). The monoisotopic (exact) mass is 265 g/mol. The Morgan fingerprint density at radius 3 is 2.20 bits per heavy atom. The minimum absolute atomic E-state index is 0.149. The quantitative estimate of drug-likeness (QED) is 0.813. The highest BCUT2D eigenvalue weighted by Crippen LogP contribution is 2.32. The Morgan fingerprint density at radius 2 is 1.55 bits per heavy atom. The number of nitrogens with zero attached hydrogens (tertiary/aromatic N) is 1. The van der Waals surface area contributed by atoms with Gasteiger partial charge in [-0.3, -0.25) is 4.79 Å². The number of likely N-dealkylation sites (tertiary alicyclic amines) is 1. The summed E-state index contributed by atoms with van der Waals surface area (Å²) >= 11 is 0. The minimum Gasteiger partial charge on any atom is -0.338 e. The summed E-state index contributed by atoms with van der Waals surface area (Å²) in [6.45, 7) is 3.89. The maximum Gasteiger partial charge on any atom is 0.253 e. The second-order valence-electron chi connectivity index (χ2n) is 5.57. The smallest absolute Gasteiger partial charge is 0.253 e. The van der Waals surface area contributed by atoms with Gasteiger partial charge in [0.15, 0.2) is 0 Å². The summed E-state index contributed by atoms with van der Waals surface area (Å²) < 4.78 is 0. The van der Waals surface area contributed by atoms with Gasteiger partial charge in [0.25, 0.3) is 5.91 Å². The molecule has 102 valence electrons. The molecule has 2 atom stereocenters. The van der Waals surface area contributed by atoms with Crippen molar-refractivity contribution in [2.24, 2.45) is 5.92 Å². The van der Waals surface area contributed by atoms with Crippen LogP contribution >= 0.6 is 0 Å². The SMILES string of the molecule is CC1CN(C(=O)c2ccccc2)CC1c1ccccc1. The topological polar surface area (TPSA) is 20.3 Å². The van der Waals surface area contributed by atoms with Crippen LogP contribution in [0, 0.1) is 5.92 Å². The van der Waals surface area contributed by atoms with Gasteiger partial charge in [0.2, 0.25) is 0 Å². The number of hydrogen-bond acceptors (Lipinski definition) is 1. The van der Waals surface area contributed by atoms with Crippen LogP contribution in [0.25, 0.3) is 0 Å². The van der Waals surface area contributed by atoms with Gasteiger partial charge in [0, 0.05) is 24.6 Å². The average molecular weight is 265 g/mol. The summed E-state index contributed by atoms with van der Waals surface area (Å²) in [5.41, 5.74) is 2.12. The van der Waals surface area contributed by atoms with Crippen molar-refractivity contribution >= 4 is 5.91 Å². The summed E-state index contributed by atoms with van der Waals surface area (Å²) in [6, 6.07) is 20.1. The van der Waals surface area contributed by atoms with E-state index in [9.17, 15) is 4.79 Å². The van der Waals surface area contributed by atoms with Gasteiger partial charge in [-0.05, 0) is 23.6 Å². The molecule has 0 bridgehead atoms. The third kappa shape index (κ3) is 2.46. The molecule has 2 aromatic rings. The zero-order valence-electron chi connectivity index (χ0n) is 11.7.